The number of rotatable bonds is 6. The number of hydrogen-bond donors (Lipinski definition) is 1. The number of nitrogens with zero attached hydrogens (tertiary/aromatic N) is 2. The van der Waals surface area contributed by atoms with Crippen molar-refractivity contribution in [3.63, 3.8) is 0 Å². The van der Waals surface area contributed by atoms with Gasteiger partial charge in [0.1, 0.15) is 5.69 Å². The van der Waals surface area contributed by atoms with Gasteiger partial charge in [-0.3, -0.25) is 9.48 Å². The highest BCUT2D eigenvalue weighted by Gasteiger charge is 2.05. The second kappa shape index (κ2) is 7.24. The summed E-state index contributed by atoms with van der Waals surface area (Å²) in [4.78, 5) is 13.1. The topological polar surface area (TPSA) is 46.9 Å². The average Bonchev–Trinajstić information content (AvgIpc) is 3.18. The van der Waals surface area contributed by atoms with Crippen LogP contribution in [0.2, 0.25) is 0 Å². The molecule has 23 heavy (non-hydrogen) atoms. The van der Waals surface area contributed by atoms with E-state index in [1.54, 1.807) is 11.3 Å². The van der Waals surface area contributed by atoms with Gasteiger partial charge in [0.05, 0.1) is 17.8 Å². The Labute approximate surface area is 139 Å². The minimum absolute atomic E-state index is 0.0428. The first-order valence-electron chi connectivity index (χ1n) is 7.60. The van der Waals surface area contributed by atoms with Crippen molar-refractivity contribution in [3.05, 3.63) is 65.2 Å². The maximum Gasteiger partial charge on any atom is 0.224 e. The SMILES string of the molecule is Cc1cccc(CC(=O)NCCn2ccc(-c3cccs3)n2)c1. The van der Waals surface area contributed by atoms with E-state index in [0.29, 0.717) is 19.5 Å². The molecule has 3 aromatic rings. The Morgan fingerprint density at radius 3 is 2.96 bits per heavy atom. The zero-order chi connectivity index (χ0) is 16.1. The highest BCUT2D eigenvalue weighted by atomic mass is 32.1. The minimum Gasteiger partial charge on any atom is -0.354 e. The number of aromatic nitrogens is 2. The molecule has 1 aromatic carbocycles. The van der Waals surface area contributed by atoms with Crippen LogP contribution in [-0.4, -0.2) is 22.2 Å². The Morgan fingerprint density at radius 2 is 2.17 bits per heavy atom. The van der Waals surface area contributed by atoms with Gasteiger partial charge in [-0.05, 0) is 30.0 Å². The lowest BCUT2D eigenvalue weighted by molar-refractivity contribution is -0.120. The number of carbonyl (C=O) groups is 1. The van der Waals surface area contributed by atoms with Crippen LogP contribution in [-0.2, 0) is 17.8 Å². The van der Waals surface area contributed by atoms with Crippen molar-refractivity contribution in [2.45, 2.75) is 19.9 Å². The third kappa shape index (κ3) is 4.29. The molecule has 0 aliphatic heterocycles. The molecule has 0 radical (unpaired) electrons. The molecule has 4 nitrogen and oxygen atoms in total. The second-order valence-electron chi connectivity index (χ2n) is 5.46. The Balaban J connectivity index is 1.47. The normalized spacial score (nSPS) is 10.7. The summed E-state index contributed by atoms with van der Waals surface area (Å²) in [5, 5.41) is 9.51. The standard InChI is InChI=1S/C18H19N3OS/c1-14-4-2-5-15(12-14)13-18(22)19-8-10-21-9-7-16(20-21)17-6-3-11-23-17/h2-7,9,11-12H,8,10,13H2,1H3,(H,19,22). The maximum atomic E-state index is 12.0. The molecule has 2 aromatic heterocycles. The Hall–Kier alpha value is -2.40. The Kier molecular flexibility index (Phi) is 4.88. The maximum absolute atomic E-state index is 12.0. The molecule has 2 heterocycles. The van der Waals surface area contributed by atoms with E-state index in [1.165, 1.54) is 5.56 Å². The molecule has 0 unspecified atom stereocenters. The molecule has 5 heteroatoms. The van der Waals surface area contributed by atoms with Crippen LogP contribution in [0.1, 0.15) is 11.1 Å². The van der Waals surface area contributed by atoms with Crippen LogP contribution in [0.3, 0.4) is 0 Å². The van der Waals surface area contributed by atoms with Crippen LogP contribution >= 0.6 is 11.3 Å². The van der Waals surface area contributed by atoms with E-state index in [9.17, 15) is 4.79 Å². The summed E-state index contributed by atoms with van der Waals surface area (Å²) in [7, 11) is 0. The largest absolute Gasteiger partial charge is 0.354 e. The van der Waals surface area contributed by atoms with Crippen molar-refractivity contribution < 1.29 is 4.79 Å². The third-order valence-corrected chi connectivity index (χ3v) is 4.42. The van der Waals surface area contributed by atoms with Crippen molar-refractivity contribution in [2.24, 2.45) is 0 Å². The van der Waals surface area contributed by atoms with Crippen molar-refractivity contribution >= 4 is 17.2 Å². The molecule has 0 bridgehead atoms. The predicted octanol–water partition coefficient (Wildman–Crippen LogP) is 3.28. The molecule has 0 saturated heterocycles. The smallest absolute Gasteiger partial charge is 0.224 e. The van der Waals surface area contributed by atoms with Crippen molar-refractivity contribution in [1.82, 2.24) is 15.1 Å². The molecule has 3 rings (SSSR count). The summed E-state index contributed by atoms with van der Waals surface area (Å²) in [6, 6.07) is 14.1. The van der Waals surface area contributed by atoms with Crippen molar-refractivity contribution in [2.75, 3.05) is 6.54 Å². The minimum atomic E-state index is 0.0428. The molecule has 1 amide bonds. The predicted molar refractivity (Wildman–Crippen MR) is 93.4 cm³/mol. The molecule has 0 aliphatic carbocycles. The highest BCUT2D eigenvalue weighted by Crippen LogP contribution is 2.22. The van der Waals surface area contributed by atoms with Gasteiger partial charge in [0.2, 0.25) is 5.91 Å². The molecule has 0 aliphatic rings. The average molecular weight is 325 g/mol. The molecule has 1 N–H and O–H groups in total. The number of benzene rings is 1. The van der Waals surface area contributed by atoms with Crippen molar-refractivity contribution in [1.29, 1.82) is 0 Å². The molecule has 0 spiro atoms. The fourth-order valence-electron chi connectivity index (χ4n) is 2.42. The zero-order valence-electron chi connectivity index (χ0n) is 13.0. The van der Waals surface area contributed by atoms with E-state index in [-0.39, 0.29) is 5.91 Å². The number of nitrogens with one attached hydrogen (secondary N) is 1. The lowest BCUT2D eigenvalue weighted by Gasteiger charge is -2.06. The third-order valence-electron chi connectivity index (χ3n) is 3.52. The van der Waals surface area contributed by atoms with E-state index in [1.807, 2.05) is 59.6 Å². The van der Waals surface area contributed by atoms with Crippen molar-refractivity contribution in [3.8, 4) is 10.6 Å². The van der Waals surface area contributed by atoms with Gasteiger partial charge in [0.15, 0.2) is 0 Å². The van der Waals surface area contributed by atoms with Gasteiger partial charge < -0.3 is 5.32 Å². The van der Waals surface area contributed by atoms with Crippen LogP contribution in [0.25, 0.3) is 10.6 Å². The van der Waals surface area contributed by atoms with E-state index >= 15 is 0 Å². The highest BCUT2D eigenvalue weighted by molar-refractivity contribution is 7.13. The van der Waals surface area contributed by atoms with Gasteiger partial charge in [-0.2, -0.15) is 5.10 Å². The van der Waals surface area contributed by atoms with Crippen LogP contribution in [0.15, 0.2) is 54.0 Å². The van der Waals surface area contributed by atoms with E-state index in [4.69, 9.17) is 0 Å². The van der Waals surface area contributed by atoms with Gasteiger partial charge in [0.25, 0.3) is 0 Å². The number of amides is 1. The van der Waals surface area contributed by atoms with Crippen LogP contribution < -0.4 is 5.32 Å². The van der Waals surface area contributed by atoms with Gasteiger partial charge in [-0.1, -0.05) is 35.9 Å². The summed E-state index contributed by atoms with van der Waals surface area (Å²) in [6.45, 7) is 3.28. The summed E-state index contributed by atoms with van der Waals surface area (Å²) in [5.74, 6) is 0.0428. The first-order chi connectivity index (χ1) is 11.2. The van der Waals surface area contributed by atoms with Gasteiger partial charge in [0, 0.05) is 12.7 Å². The first kappa shape index (κ1) is 15.5. The van der Waals surface area contributed by atoms with Gasteiger partial charge >= 0.3 is 0 Å². The van der Waals surface area contributed by atoms with Crippen LogP contribution in [0.5, 0.6) is 0 Å². The van der Waals surface area contributed by atoms with Crippen LogP contribution in [0, 0.1) is 6.92 Å². The molecule has 0 saturated carbocycles. The van der Waals surface area contributed by atoms with Gasteiger partial charge in [-0.15, -0.1) is 11.3 Å². The lowest BCUT2D eigenvalue weighted by atomic mass is 10.1. The van der Waals surface area contributed by atoms with E-state index in [2.05, 4.69) is 16.5 Å². The van der Waals surface area contributed by atoms with E-state index in [0.717, 1.165) is 16.1 Å². The quantitative estimate of drug-likeness (QED) is 0.756. The summed E-state index contributed by atoms with van der Waals surface area (Å²) >= 11 is 1.67. The summed E-state index contributed by atoms with van der Waals surface area (Å²) < 4.78 is 1.86. The number of carbonyl (C=O) groups excluding carboxylic acids is 1. The number of hydrogen-bond acceptors (Lipinski definition) is 3. The second-order valence-corrected chi connectivity index (χ2v) is 6.40. The summed E-state index contributed by atoms with van der Waals surface area (Å²) in [6.07, 6.45) is 2.36. The molecule has 118 valence electrons. The molecule has 0 atom stereocenters. The zero-order valence-corrected chi connectivity index (χ0v) is 13.8. The number of thiophene rings is 1. The number of aryl methyl sites for hydroxylation is 1. The van der Waals surface area contributed by atoms with Crippen LogP contribution in [0.4, 0.5) is 0 Å². The van der Waals surface area contributed by atoms with E-state index < -0.39 is 0 Å². The Bertz CT molecular complexity index is 777. The monoisotopic (exact) mass is 325 g/mol. The lowest BCUT2D eigenvalue weighted by Crippen LogP contribution is -2.28. The molecule has 0 fully saturated rings. The molecular formula is C18H19N3OS. The molecular weight excluding hydrogens is 306 g/mol. The fraction of sp³-hybridized carbons (Fsp3) is 0.222. The first-order valence-corrected chi connectivity index (χ1v) is 8.48. The Morgan fingerprint density at radius 1 is 1.26 bits per heavy atom. The fourth-order valence-corrected chi connectivity index (χ4v) is 3.11. The summed E-state index contributed by atoms with van der Waals surface area (Å²) in [5.41, 5.74) is 3.20. The van der Waals surface area contributed by atoms with Gasteiger partial charge in [-0.25, -0.2) is 0 Å².